The van der Waals surface area contributed by atoms with E-state index in [0.717, 1.165) is 22.3 Å². The number of aryl methyl sites for hydroxylation is 2. The maximum atomic E-state index is 13.6. The first-order valence-electron chi connectivity index (χ1n) is 9.84. The summed E-state index contributed by atoms with van der Waals surface area (Å²) in [6.07, 6.45) is 5.93. The quantitative estimate of drug-likeness (QED) is 0.582. The maximum Gasteiger partial charge on any atom is 0.265 e. The summed E-state index contributed by atoms with van der Waals surface area (Å²) in [5.74, 6) is 2.88. The molecule has 0 bridgehead atoms. The monoisotopic (exact) mass is 416 g/mol. The van der Waals surface area contributed by atoms with Crippen LogP contribution in [0.4, 0.5) is 5.69 Å². The molecule has 0 amide bonds. The van der Waals surface area contributed by atoms with E-state index in [1.165, 1.54) is 4.31 Å². The van der Waals surface area contributed by atoms with Crippen LogP contribution in [0.3, 0.4) is 0 Å². The Hall–Kier alpha value is -3.07. The van der Waals surface area contributed by atoms with Gasteiger partial charge in [-0.2, -0.15) is 0 Å². The van der Waals surface area contributed by atoms with Gasteiger partial charge in [-0.25, -0.2) is 8.42 Å². The highest BCUT2D eigenvalue weighted by Gasteiger charge is 2.36. The second kappa shape index (κ2) is 7.98. The van der Waals surface area contributed by atoms with E-state index in [9.17, 15) is 8.42 Å². The summed E-state index contributed by atoms with van der Waals surface area (Å²) in [5, 5.41) is 0. The molecular formula is C25H24N2O2S. The molecule has 3 aromatic rings. The van der Waals surface area contributed by atoms with Gasteiger partial charge in [0.2, 0.25) is 0 Å². The zero-order chi connectivity index (χ0) is 21.3. The number of rotatable bonds is 4. The summed E-state index contributed by atoms with van der Waals surface area (Å²) in [6, 6.07) is 22.4. The van der Waals surface area contributed by atoms with Crippen molar-refractivity contribution in [3.63, 3.8) is 0 Å². The number of terminal acetylenes is 1. The van der Waals surface area contributed by atoms with Gasteiger partial charge in [0.05, 0.1) is 17.3 Å². The molecule has 0 aromatic heterocycles. The first kappa shape index (κ1) is 20.2. The highest BCUT2D eigenvalue weighted by atomic mass is 32.2. The van der Waals surface area contributed by atoms with Crippen molar-refractivity contribution in [3.05, 3.63) is 95.1 Å². The molecule has 3 aromatic carbocycles. The molecule has 0 spiro atoms. The molecule has 1 aliphatic rings. The molecule has 4 rings (SSSR count). The Balaban J connectivity index is 1.82. The summed E-state index contributed by atoms with van der Waals surface area (Å²) < 4.78 is 28.6. The van der Waals surface area contributed by atoms with Crippen molar-refractivity contribution in [2.75, 3.05) is 11.0 Å². The smallest absolute Gasteiger partial charge is 0.263 e. The zero-order valence-corrected chi connectivity index (χ0v) is 17.9. The molecule has 30 heavy (non-hydrogen) atoms. The standard InChI is InChI=1S/C25H24N2O2S/c1-4-24-23-16-20(3)12-15-25(23)27(18-26(24)17-21-8-6-5-7-9-21)30(28,29)22-13-10-19(2)11-14-22/h1,5-16,24H,17-18H2,2-3H3/t24-/m0/s1. The van der Waals surface area contributed by atoms with Gasteiger partial charge in [-0.15, -0.1) is 6.42 Å². The third kappa shape index (κ3) is 3.72. The maximum absolute atomic E-state index is 13.6. The van der Waals surface area contributed by atoms with Gasteiger partial charge < -0.3 is 0 Å². The molecule has 152 valence electrons. The summed E-state index contributed by atoms with van der Waals surface area (Å²) in [7, 11) is -3.74. The average Bonchev–Trinajstić information content (AvgIpc) is 2.74. The van der Waals surface area contributed by atoms with Crippen molar-refractivity contribution in [2.45, 2.75) is 31.3 Å². The highest BCUT2D eigenvalue weighted by molar-refractivity contribution is 7.92. The number of hydrogen-bond acceptors (Lipinski definition) is 3. The van der Waals surface area contributed by atoms with Crippen LogP contribution in [0.2, 0.25) is 0 Å². The Kier molecular flexibility index (Phi) is 5.38. The van der Waals surface area contributed by atoms with E-state index in [1.54, 1.807) is 12.1 Å². The van der Waals surface area contributed by atoms with E-state index in [2.05, 4.69) is 5.92 Å². The van der Waals surface area contributed by atoms with Crippen molar-refractivity contribution in [1.82, 2.24) is 4.90 Å². The summed E-state index contributed by atoms with van der Waals surface area (Å²) in [6.45, 7) is 4.68. The summed E-state index contributed by atoms with van der Waals surface area (Å²) >= 11 is 0. The molecule has 5 heteroatoms. The second-order valence-electron chi connectivity index (χ2n) is 7.67. The van der Waals surface area contributed by atoms with Gasteiger partial charge in [0.25, 0.3) is 10.0 Å². The molecule has 0 fully saturated rings. The molecule has 0 N–H and O–H groups in total. The Labute approximate surface area is 178 Å². The number of fused-ring (bicyclic) bond motifs is 1. The van der Waals surface area contributed by atoms with Gasteiger partial charge in [-0.05, 0) is 37.6 Å². The second-order valence-corrected chi connectivity index (χ2v) is 9.53. The van der Waals surface area contributed by atoms with Crippen LogP contribution in [0, 0.1) is 26.2 Å². The normalized spacial score (nSPS) is 16.7. The third-order valence-electron chi connectivity index (χ3n) is 5.42. The highest BCUT2D eigenvalue weighted by Crippen LogP contribution is 2.39. The molecule has 0 aliphatic carbocycles. The molecule has 1 atom stereocenters. The minimum absolute atomic E-state index is 0.191. The van der Waals surface area contributed by atoms with E-state index in [-0.39, 0.29) is 17.6 Å². The Morgan fingerprint density at radius 2 is 1.63 bits per heavy atom. The minimum Gasteiger partial charge on any atom is -0.263 e. The lowest BCUT2D eigenvalue weighted by molar-refractivity contribution is 0.226. The van der Waals surface area contributed by atoms with Gasteiger partial charge in [0.15, 0.2) is 0 Å². The van der Waals surface area contributed by atoms with Crippen molar-refractivity contribution in [1.29, 1.82) is 0 Å². The van der Waals surface area contributed by atoms with E-state index in [0.29, 0.717) is 12.2 Å². The van der Waals surface area contributed by atoms with Gasteiger partial charge in [0, 0.05) is 12.1 Å². The van der Waals surface area contributed by atoms with Gasteiger partial charge in [0.1, 0.15) is 6.04 Å². The van der Waals surface area contributed by atoms with Crippen LogP contribution < -0.4 is 4.31 Å². The lowest BCUT2D eigenvalue weighted by atomic mass is 9.99. The van der Waals surface area contributed by atoms with Crippen LogP contribution in [0.1, 0.15) is 28.3 Å². The van der Waals surface area contributed by atoms with E-state index >= 15 is 0 Å². The van der Waals surface area contributed by atoms with Gasteiger partial charge in [-0.3, -0.25) is 9.21 Å². The van der Waals surface area contributed by atoms with Gasteiger partial charge in [-0.1, -0.05) is 71.6 Å². The van der Waals surface area contributed by atoms with Crippen molar-refractivity contribution < 1.29 is 8.42 Å². The molecule has 1 heterocycles. The molecule has 0 unspecified atom stereocenters. The molecule has 0 saturated heterocycles. The summed E-state index contributed by atoms with van der Waals surface area (Å²) in [5.41, 5.74) is 4.63. The largest absolute Gasteiger partial charge is 0.265 e. The number of anilines is 1. The van der Waals surface area contributed by atoms with Crippen LogP contribution in [0.5, 0.6) is 0 Å². The topological polar surface area (TPSA) is 40.6 Å². The van der Waals surface area contributed by atoms with E-state index in [1.807, 2.05) is 79.4 Å². The Bertz CT molecular complexity index is 1200. The van der Waals surface area contributed by atoms with E-state index in [4.69, 9.17) is 6.42 Å². The van der Waals surface area contributed by atoms with Crippen LogP contribution in [-0.2, 0) is 16.6 Å². The third-order valence-corrected chi connectivity index (χ3v) is 7.18. The van der Waals surface area contributed by atoms with Crippen molar-refractivity contribution >= 4 is 15.7 Å². The number of nitrogens with zero attached hydrogens (tertiary/aromatic N) is 2. The van der Waals surface area contributed by atoms with Gasteiger partial charge >= 0.3 is 0 Å². The lowest BCUT2D eigenvalue weighted by Gasteiger charge is -2.41. The predicted molar refractivity (Wildman–Crippen MR) is 120 cm³/mol. The zero-order valence-electron chi connectivity index (χ0n) is 17.1. The molecular weight excluding hydrogens is 392 g/mol. The summed E-state index contributed by atoms with van der Waals surface area (Å²) in [4.78, 5) is 2.31. The average molecular weight is 417 g/mol. The molecule has 4 nitrogen and oxygen atoms in total. The Morgan fingerprint density at radius 3 is 2.30 bits per heavy atom. The minimum atomic E-state index is -3.74. The number of hydrogen-bond donors (Lipinski definition) is 0. The van der Waals surface area contributed by atoms with Crippen LogP contribution >= 0.6 is 0 Å². The SMILES string of the molecule is C#C[C@H]1c2cc(C)ccc2N(S(=O)(=O)c2ccc(C)cc2)CN1Cc1ccccc1. The van der Waals surface area contributed by atoms with Crippen molar-refractivity contribution in [3.8, 4) is 12.3 Å². The fourth-order valence-electron chi connectivity index (χ4n) is 3.84. The van der Waals surface area contributed by atoms with Crippen LogP contribution in [0.15, 0.2) is 77.7 Å². The fourth-order valence-corrected chi connectivity index (χ4v) is 5.30. The number of sulfonamides is 1. The molecule has 1 aliphatic heterocycles. The van der Waals surface area contributed by atoms with Crippen LogP contribution in [-0.4, -0.2) is 20.0 Å². The Morgan fingerprint density at radius 1 is 0.967 bits per heavy atom. The van der Waals surface area contributed by atoms with Crippen molar-refractivity contribution in [2.24, 2.45) is 0 Å². The first-order valence-corrected chi connectivity index (χ1v) is 11.3. The number of benzene rings is 3. The predicted octanol–water partition coefficient (Wildman–Crippen LogP) is 4.65. The lowest BCUT2D eigenvalue weighted by Crippen LogP contribution is -2.47. The first-order chi connectivity index (χ1) is 14.4. The molecule has 0 radical (unpaired) electrons. The molecule has 0 saturated carbocycles. The van der Waals surface area contributed by atoms with E-state index < -0.39 is 10.0 Å². The van der Waals surface area contributed by atoms with Crippen LogP contribution in [0.25, 0.3) is 0 Å². The fraction of sp³-hybridized carbons (Fsp3) is 0.200.